The Balaban J connectivity index is 1.63. The van der Waals surface area contributed by atoms with Crippen LogP contribution in [0.5, 0.6) is 11.5 Å². The summed E-state index contributed by atoms with van der Waals surface area (Å²) in [5.41, 5.74) is 5.54. The van der Waals surface area contributed by atoms with E-state index in [1.165, 1.54) is 17.0 Å². The fraction of sp³-hybridized carbons (Fsp3) is 0.222. The number of carbonyl (C=O) groups excluding carboxylic acids is 3. The van der Waals surface area contributed by atoms with Gasteiger partial charge < -0.3 is 9.47 Å². The predicted molar refractivity (Wildman–Crippen MR) is 137 cm³/mol. The smallest absolute Gasteiger partial charge is 0.268 e. The number of carbonyl (C=O) groups is 3. The Morgan fingerprint density at radius 2 is 1.72 bits per heavy atom. The van der Waals surface area contributed by atoms with Crippen molar-refractivity contribution in [1.82, 2.24) is 10.4 Å². The Morgan fingerprint density at radius 3 is 2.42 bits per heavy atom. The zero-order valence-electron chi connectivity index (χ0n) is 19.9. The maximum absolute atomic E-state index is 13.9. The molecule has 2 fully saturated rings. The average Bonchev–Trinajstić information content (AvgIpc) is 3.39. The van der Waals surface area contributed by atoms with Gasteiger partial charge in [0, 0.05) is 15.6 Å². The number of nitrogens with one attached hydrogen (secondary N) is 1. The fourth-order valence-corrected chi connectivity index (χ4v) is 5.30. The number of nitrogens with zero attached hydrogens (tertiary/aromatic N) is 2. The molecular formula is C27H24BrN3O5. The predicted octanol–water partition coefficient (Wildman–Crippen LogP) is 4.03. The normalized spacial score (nSPS) is 21.1. The number of amides is 3. The topological polar surface area (TPSA) is 88.2 Å². The van der Waals surface area contributed by atoms with E-state index in [-0.39, 0.29) is 5.91 Å². The number of benzene rings is 3. The highest BCUT2D eigenvalue weighted by atomic mass is 79.9. The third kappa shape index (κ3) is 3.94. The first-order chi connectivity index (χ1) is 17.3. The van der Waals surface area contributed by atoms with E-state index >= 15 is 0 Å². The first-order valence-electron chi connectivity index (χ1n) is 11.4. The quantitative estimate of drug-likeness (QED) is 0.483. The molecule has 5 rings (SSSR count). The van der Waals surface area contributed by atoms with Gasteiger partial charge in [-0.1, -0.05) is 34.1 Å². The van der Waals surface area contributed by atoms with E-state index in [2.05, 4.69) is 21.4 Å². The minimum Gasteiger partial charge on any atom is -0.497 e. The van der Waals surface area contributed by atoms with Crippen LogP contribution >= 0.6 is 15.9 Å². The van der Waals surface area contributed by atoms with Crippen molar-refractivity contribution in [1.29, 1.82) is 0 Å². The van der Waals surface area contributed by atoms with E-state index in [4.69, 9.17) is 9.47 Å². The molecule has 36 heavy (non-hydrogen) atoms. The third-order valence-electron chi connectivity index (χ3n) is 6.56. The summed E-state index contributed by atoms with van der Waals surface area (Å²) >= 11 is 3.40. The van der Waals surface area contributed by atoms with Gasteiger partial charge in [-0.2, -0.15) is 0 Å². The van der Waals surface area contributed by atoms with Crippen molar-refractivity contribution in [3.05, 3.63) is 87.9 Å². The molecule has 8 nitrogen and oxygen atoms in total. The van der Waals surface area contributed by atoms with E-state index in [0.29, 0.717) is 28.3 Å². The van der Waals surface area contributed by atoms with E-state index in [1.54, 1.807) is 61.7 Å². The lowest BCUT2D eigenvalue weighted by Crippen LogP contribution is -2.48. The van der Waals surface area contributed by atoms with E-state index in [0.717, 1.165) is 10.0 Å². The van der Waals surface area contributed by atoms with Crippen molar-refractivity contribution in [3.63, 3.8) is 0 Å². The highest BCUT2D eigenvalue weighted by Gasteiger charge is 2.61. The third-order valence-corrected chi connectivity index (χ3v) is 7.05. The first kappa shape index (κ1) is 24.0. The summed E-state index contributed by atoms with van der Waals surface area (Å²) in [6, 6.07) is 17.6. The summed E-state index contributed by atoms with van der Waals surface area (Å²) in [6.45, 7) is 1.89. The van der Waals surface area contributed by atoms with E-state index < -0.39 is 29.8 Å². The number of ether oxygens (including phenoxy) is 2. The second-order valence-electron chi connectivity index (χ2n) is 8.72. The maximum Gasteiger partial charge on any atom is 0.268 e. The molecule has 3 atom stereocenters. The van der Waals surface area contributed by atoms with Gasteiger partial charge in [0.15, 0.2) is 0 Å². The lowest BCUT2D eigenvalue weighted by molar-refractivity contribution is -0.123. The van der Waals surface area contributed by atoms with Crippen LogP contribution in [0.2, 0.25) is 0 Å². The summed E-state index contributed by atoms with van der Waals surface area (Å²) in [4.78, 5) is 42.5. The van der Waals surface area contributed by atoms with Gasteiger partial charge in [-0.3, -0.25) is 19.4 Å². The zero-order chi connectivity index (χ0) is 25.6. The number of hydrogen-bond acceptors (Lipinski definition) is 6. The van der Waals surface area contributed by atoms with Gasteiger partial charge in [-0.05, 0) is 61.0 Å². The van der Waals surface area contributed by atoms with Gasteiger partial charge >= 0.3 is 0 Å². The van der Waals surface area contributed by atoms with Crippen molar-refractivity contribution in [3.8, 4) is 11.5 Å². The van der Waals surface area contributed by atoms with Crippen molar-refractivity contribution in [2.45, 2.75) is 19.0 Å². The SMILES string of the molecule is COc1ccc(OC)c(C2NN(C(=O)c3cccc(Br)c3)C3C(=O)N(c4cccc(C)c4)C(=O)C23)c1. The molecule has 3 amide bonds. The van der Waals surface area contributed by atoms with Crippen molar-refractivity contribution in [2.24, 2.45) is 5.92 Å². The molecule has 0 bridgehead atoms. The summed E-state index contributed by atoms with van der Waals surface area (Å²) in [5, 5.41) is 1.28. The molecule has 9 heteroatoms. The molecule has 2 heterocycles. The summed E-state index contributed by atoms with van der Waals surface area (Å²) in [7, 11) is 3.08. The van der Waals surface area contributed by atoms with Crippen LogP contribution in [-0.2, 0) is 9.59 Å². The average molecular weight is 550 g/mol. The molecule has 184 valence electrons. The number of rotatable bonds is 5. The molecule has 0 aromatic heterocycles. The minimum absolute atomic E-state index is 0.378. The largest absolute Gasteiger partial charge is 0.497 e. The van der Waals surface area contributed by atoms with Crippen LogP contribution in [0.25, 0.3) is 0 Å². The lowest BCUT2D eigenvalue weighted by Gasteiger charge is -2.26. The fourth-order valence-electron chi connectivity index (χ4n) is 4.90. The molecular weight excluding hydrogens is 526 g/mol. The molecule has 2 saturated heterocycles. The molecule has 0 saturated carbocycles. The molecule has 1 N–H and O–H groups in total. The number of hydrazine groups is 1. The molecule has 3 aromatic rings. The molecule has 0 spiro atoms. The Kier molecular flexibility index (Phi) is 6.27. The van der Waals surface area contributed by atoms with Gasteiger partial charge in [0.2, 0.25) is 5.91 Å². The molecule has 0 radical (unpaired) electrons. The standard InChI is InChI=1S/C27H24BrN3O5/c1-15-6-4-9-18(12-15)30-26(33)22-23(20-14-19(35-2)10-11-21(20)36-3)29-31(24(22)27(30)34)25(32)16-7-5-8-17(28)13-16/h4-14,22-24,29H,1-3H3. The number of imide groups is 1. The summed E-state index contributed by atoms with van der Waals surface area (Å²) in [6.07, 6.45) is 0. The Morgan fingerprint density at radius 1 is 0.944 bits per heavy atom. The number of fused-ring (bicyclic) bond motifs is 1. The van der Waals surface area contributed by atoms with Crippen LogP contribution in [0, 0.1) is 12.8 Å². The van der Waals surface area contributed by atoms with Crippen LogP contribution in [0.3, 0.4) is 0 Å². The maximum atomic E-state index is 13.9. The number of anilines is 1. The monoisotopic (exact) mass is 549 g/mol. The number of hydrogen-bond donors (Lipinski definition) is 1. The Hall–Kier alpha value is -3.69. The van der Waals surface area contributed by atoms with Gasteiger partial charge in [0.05, 0.1) is 31.9 Å². The van der Waals surface area contributed by atoms with Crippen molar-refractivity contribution < 1.29 is 23.9 Å². The lowest BCUT2D eigenvalue weighted by atomic mass is 9.90. The number of aryl methyl sites for hydroxylation is 1. The van der Waals surface area contributed by atoms with Crippen LogP contribution in [-0.4, -0.2) is 43.0 Å². The second kappa shape index (κ2) is 9.40. The highest BCUT2D eigenvalue weighted by molar-refractivity contribution is 9.10. The molecule has 3 aromatic carbocycles. The number of halogens is 1. The Labute approximate surface area is 216 Å². The summed E-state index contributed by atoms with van der Waals surface area (Å²) < 4.78 is 11.7. The van der Waals surface area contributed by atoms with Gasteiger partial charge in [0.25, 0.3) is 11.8 Å². The number of methoxy groups -OCH3 is 2. The Bertz CT molecular complexity index is 1380. The van der Waals surface area contributed by atoms with Crippen LogP contribution in [0.1, 0.15) is 27.5 Å². The minimum atomic E-state index is -1.04. The van der Waals surface area contributed by atoms with Crippen LogP contribution < -0.4 is 19.8 Å². The molecule has 0 aliphatic carbocycles. The summed E-state index contributed by atoms with van der Waals surface area (Å²) in [5.74, 6) is -1.05. The van der Waals surface area contributed by atoms with Crippen LogP contribution in [0.4, 0.5) is 5.69 Å². The second-order valence-corrected chi connectivity index (χ2v) is 9.64. The molecule has 2 aliphatic rings. The van der Waals surface area contributed by atoms with Crippen LogP contribution in [0.15, 0.2) is 71.2 Å². The van der Waals surface area contributed by atoms with Gasteiger partial charge in [-0.15, -0.1) is 0 Å². The van der Waals surface area contributed by atoms with Crippen molar-refractivity contribution in [2.75, 3.05) is 19.1 Å². The first-order valence-corrected chi connectivity index (χ1v) is 12.1. The van der Waals surface area contributed by atoms with Crippen molar-refractivity contribution >= 4 is 39.3 Å². The van der Waals surface area contributed by atoms with E-state index in [9.17, 15) is 14.4 Å². The zero-order valence-corrected chi connectivity index (χ0v) is 21.5. The van der Waals surface area contributed by atoms with Gasteiger partial charge in [-0.25, -0.2) is 10.3 Å². The molecule has 2 aliphatic heterocycles. The van der Waals surface area contributed by atoms with Gasteiger partial charge in [0.1, 0.15) is 17.5 Å². The molecule has 3 unspecified atom stereocenters. The highest BCUT2D eigenvalue weighted by Crippen LogP contribution is 2.45. The van der Waals surface area contributed by atoms with E-state index in [1.807, 2.05) is 19.1 Å².